The number of aryl methyl sites for hydroxylation is 1. The van der Waals surface area contributed by atoms with Crippen molar-refractivity contribution in [3.05, 3.63) is 78.7 Å². The molecule has 1 amide bonds. The number of fused-ring (bicyclic) bond motifs is 1. The second-order valence-corrected chi connectivity index (χ2v) is 7.31. The summed E-state index contributed by atoms with van der Waals surface area (Å²) in [5, 5.41) is 2.87. The van der Waals surface area contributed by atoms with E-state index in [1.807, 2.05) is 48.5 Å². The number of ether oxygens (including phenoxy) is 2. The van der Waals surface area contributed by atoms with Gasteiger partial charge in [-0.25, -0.2) is 4.98 Å². The van der Waals surface area contributed by atoms with Crippen molar-refractivity contribution in [1.82, 2.24) is 14.9 Å². The Morgan fingerprint density at radius 1 is 1.23 bits per heavy atom. The average Bonchev–Trinajstić information content (AvgIpc) is 3.13. The number of nitrogens with zero attached hydrogens (tertiary/aromatic N) is 2. The molecule has 3 rings (SSSR count). The zero-order valence-electron chi connectivity index (χ0n) is 18.2. The third-order valence-corrected chi connectivity index (χ3v) is 4.92. The maximum atomic E-state index is 11.9. The van der Waals surface area contributed by atoms with Crippen LogP contribution in [0.25, 0.3) is 11.0 Å². The molecule has 0 aliphatic heterocycles. The van der Waals surface area contributed by atoms with Crippen LogP contribution >= 0.6 is 0 Å². The molecule has 0 atom stereocenters. The fourth-order valence-corrected chi connectivity index (χ4v) is 3.35. The first-order chi connectivity index (χ1) is 15.0. The molecule has 6 heteroatoms. The summed E-state index contributed by atoms with van der Waals surface area (Å²) in [7, 11) is 1.64. The molecule has 0 bridgehead atoms. The van der Waals surface area contributed by atoms with Gasteiger partial charge in [-0.15, -0.1) is 6.58 Å². The molecule has 6 nitrogen and oxygen atoms in total. The number of benzene rings is 2. The largest absolute Gasteiger partial charge is 0.493 e. The van der Waals surface area contributed by atoms with Crippen molar-refractivity contribution in [3.8, 4) is 11.5 Å². The van der Waals surface area contributed by atoms with Gasteiger partial charge in [0, 0.05) is 12.1 Å². The molecule has 162 valence electrons. The summed E-state index contributed by atoms with van der Waals surface area (Å²) in [5.74, 6) is 2.08. The fraction of sp³-hybridized carbons (Fsp3) is 0.280. The lowest BCUT2D eigenvalue weighted by molar-refractivity contribution is -0.117. The molecule has 3 aromatic rings. The van der Waals surface area contributed by atoms with Gasteiger partial charge in [0.25, 0.3) is 0 Å². The lowest BCUT2D eigenvalue weighted by Gasteiger charge is -2.13. The van der Waals surface area contributed by atoms with Gasteiger partial charge in [-0.3, -0.25) is 4.79 Å². The standard InChI is InChI=1S/C25H29N3O3/c1-5-9-19-12-13-22(23(16-19)30-4)31-15-8-14-28-21-11-7-6-10-20(21)27-24(28)17-26-25(29)18(2)3/h5-7,10-13,16H,1-2,8-9,14-15,17H2,3-4H3,(H,26,29). The third kappa shape index (κ3) is 5.54. The Bertz CT molecular complexity index is 1080. The Labute approximate surface area is 183 Å². The lowest BCUT2D eigenvalue weighted by Crippen LogP contribution is -2.25. The van der Waals surface area contributed by atoms with Crippen molar-refractivity contribution in [1.29, 1.82) is 0 Å². The average molecular weight is 420 g/mol. The van der Waals surface area contributed by atoms with E-state index in [0.29, 0.717) is 18.7 Å². The van der Waals surface area contributed by atoms with Gasteiger partial charge in [0.1, 0.15) is 5.82 Å². The van der Waals surface area contributed by atoms with E-state index >= 15 is 0 Å². The zero-order chi connectivity index (χ0) is 22.2. The number of imidazole rings is 1. The predicted molar refractivity (Wildman–Crippen MR) is 123 cm³/mol. The molecule has 0 unspecified atom stereocenters. The summed E-state index contributed by atoms with van der Waals surface area (Å²) in [6.45, 7) is 10.7. The van der Waals surface area contributed by atoms with E-state index in [0.717, 1.165) is 53.3 Å². The first-order valence-electron chi connectivity index (χ1n) is 10.3. The Balaban J connectivity index is 1.66. The summed E-state index contributed by atoms with van der Waals surface area (Å²) in [4.78, 5) is 16.6. The van der Waals surface area contributed by atoms with E-state index in [2.05, 4.69) is 28.0 Å². The maximum absolute atomic E-state index is 11.9. The van der Waals surface area contributed by atoms with Crippen LogP contribution in [-0.2, 0) is 24.3 Å². The van der Waals surface area contributed by atoms with Gasteiger partial charge in [0.05, 0.1) is 31.3 Å². The highest BCUT2D eigenvalue weighted by molar-refractivity contribution is 5.92. The van der Waals surface area contributed by atoms with Crippen molar-refractivity contribution < 1.29 is 14.3 Å². The van der Waals surface area contributed by atoms with Crippen LogP contribution < -0.4 is 14.8 Å². The second kappa shape index (κ2) is 10.5. The van der Waals surface area contributed by atoms with E-state index in [-0.39, 0.29) is 5.91 Å². The molecule has 0 aliphatic rings. The van der Waals surface area contributed by atoms with E-state index in [9.17, 15) is 4.79 Å². The molecule has 1 N–H and O–H groups in total. The number of hydrogen-bond acceptors (Lipinski definition) is 4. The Hall–Kier alpha value is -3.54. The molecule has 0 spiro atoms. The van der Waals surface area contributed by atoms with E-state index in [4.69, 9.17) is 9.47 Å². The van der Waals surface area contributed by atoms with Gasteiger partial charge in [0.2, 0.25) is 5.91 Å². The molecular formula is C25H29N3O3. The van der Waals surface area contributed by atoms with Crippen molar-refractivity contribution in [2.45, 2.75) is 32.9 Å². The molecule has 2 aromatic carbocycles. The molecular weight excluding hydrogens is 390 g/mol. The van der Waals surface area contributed by atoms with Crippen LogP contribution in [0.2, 0.25) is 0 Å². The summed E-state index contributed by atoms with van der Waals surface area (Å²) in [6, 6.07) is 13.9. The van der Waals surface area contributed by atoms with E-state index < -0.39 is 0 Å². The van der Waals surface area contributed by atoms with E-state index in [1.54, 1.807) is 14.0 Å². The molecule has 1 aromatic heterocycles. The number of nitrogens with one attached hydrogen (secondary N) is 1. The van der Waals surface area contributed by atoms with Crippen molar-refractivity contribution in [2.75, 3.05) is 13.7 Å². The van der Waals surface area contributed by atoms with Gasteiger partial charge in [-0.2, -0.15) is 0 Å². The normalized spacial score (nSPS) is 10.6. The summed E-state index contributed by atoms with van der Waals surface area (Å²) in [6.07, 6.45) is 3.43. The summed E-state index contributed by atoms with van der Waals surface area (Å²) >= 11 is 0. The van der Waals surface area contributed by atoms with Crippen LogP contribution in [0.4, 0.5) is 0 Å². The second-order valence-electron chi connectivity index (χ2n) is 7.31. The van der Waals surface area contributed by atoms with Gasteiger partial charge in [-0.05, 0) is 49.6 Å². The van der Waals surface area contributed by atoms with Crippen LogP contribution in [0.3, 0.4) is 0 Å². The minimum atomic E-state index is -0.172. The number of allylic oxidation sites excluding steroid dienone is 1. The monoisotopic (exact) mass is 419 g/mol. The third-order valence-electron chi connectivity index (χ3n) is 4.92. The summed E-state index contributed by atoms with van der Waals surface area (Å²) in [5.41, 5.74) is 3.55. The zero-order valence-corrected chi connectivity index (χ0v) is 18.2. The Kier molecular flexibility index (Phi) is 7.49. The van der Waals surface area contributed by atoms with E-state index in [1.165, 1.54) is 0 Å². The van der Waals surface area contributed by atoms with Crippen LogP contribution in [0.1, 0.15) is 24.7 Å². The number of carbonyl (C=O) groups excluding carboxylic acids is 1. The maximum Gasteiger partial charge on any atom is 0.246 e. The Morgan fingerprint density at radius 2 is 2.03 bits per heavy atom. The smallest absolute Gasteiger partial charge is 0.246 e. The number of methoxy groups -OCH3 is 1. The number of amides is 1. The highest BCUT2D eigenvalue weighted by Gasteiger charge is 2.12. The van der Waals surface area contributed by atoms with Crippen LogP contribution in [0.15, 0.2) is 67.3 Å². The molecule has 1 heterocycles. The minimum Gasteiger partial charge on any atom is -0.493 e. The minimum absolute atomic E-state index is 0.172. The molecule has 0 fully saturated rings. The molecule has 0 saturated heterocycles. The quantitative estimate of drug-likeness (QED) is 0.284. The van der Waals surface area contributed by atoms with Crippen molar-refractivity contribution >= 4 is 16.9 Å². The number of aromatic nitrogens is 2. The first-order valence-corrected chi connectivity index (χ1v) is 10.3. The van der Waals surface area contributed by atoms with Gasteiger partial charge in [0.15, 0.2) is 11.5 Å². The highest BCUT2D eigenvalue weighted by Crippen LogP contribution is 2.28. The predicted octanol–water partition coefficient (Wildman–Crippen LogP) is 4.43. The molecule has 31 heavy (non-hydrogen) atoms. The van der Waals surface area contributed by atoms with Crippen molar-refractivity contribution in [3.63, 3.8) is 0 Å². The SMILES string of the molecule is C=CCc1ccc(OCCCn2c(CNC(=O)C(=C)C)nc3ccccc32)c(OC)c1. The summed E-state index contributed by atoms with van der Waals surface area (Å²) < 4.78 is 13.6. The van der Waals surface area contributed by atoms with Gasteiger partial charge in [-0.1, -0.05) is 30.9 Å². The van der Waals surface area contributed by atoms with Crippen LogP contribution in [0.5, 0.6) is 11.5 Å². The fourth-order valence-electron chi connectivity index (χ4n) is 3.35. The number of carbonyl (C=O) groups is 1. The Morgan fingerprint density at radius 3 is 2.77 bits per heavy atom. The first kappa shape index (κ1) is 22.2. The number of para-hydroxylation sites is 2. The number of rotatable bonds is 11. The molecule has 0 saturated carbocycles. The topological polar surface area (TPSA) is 65.4 Å². The van der Waals surface area contributed by atoms with Crippen molar-refractivity contribution in [2.24, 2.45) is 0 Å². The molecule has 0 aliphatic carbocycles. The van der Waals surface area contributed by atoms with Gasteiger partial charge < -0.3 is 19.4 Å². The highest BCUT2D eigenvalue weighted by atomic mass is 16.5. The van der Waals surface area contributed by atoms with Crippen LogP contribution in [0, 0.1) is 0 Å². The lowest BCUT2D eigenvalue weighted by atomic mass is 10.1. The van der Waals surface area contributed by atoms with Gasteiger partial charge >= 0.3 is 0 Å². The number of hydrogen-bond donors (Lipinski definition) is 1. The molecule has 0 radical (unpaired) electrons. The van der Waals surface area contributed by atoms with Crippen LogP contribution in [-0.4, -0.2) is 29.2 Å².